The van der Waals surface area contributed by atoms with Crippen LogP contribution in [0.1, 0.15) is 31.4 Å². The molecule has 2 nitrogen and oxygen atoms in total. The van der Waals surface area contributed by atoms with Gasteiger partial charge in [0.15, 0.2) is 0 Å². The van der Waals surface area contributed by atoms with Crippen LogP contribution in [0, 0.1) is 5.92 Å². The van der Waals surface area contributed by atoms with Crippen LogP contribution >= 0.6 is 0 Å². The molecule has 18 heavy (non-hydrogen) atoms. The number of alkyl halides is 3. The van der Waals surface area contributed by atoms with Gasteiger partial charge in [-0.2, -0.15) is 13.2 Å². The lowest BCUT2D eigenvalue weighted by molar-refractivity contribution is -0.138. The number of anilines is 1. The maximum Gasteiger partial charge on any atom is 0.416 e. The largest absolute Gasteiger partial charge is 0.416 e. The van der Waals surface area contributed by atoms with Crippen molar-refractivity contribution in [1.29, 1.82) is 0 Å². The lowest BCUT2D eigenvalue weighted by Gasteiger charge is -2.14. The van der Waals surface area contributed by atoms with Gasteiger partial charge in [-0.05, 0) is 30.0 Å². The molecule has 0 heterocycles. The van der Waals surface area contributed by atoms with E-state index in [-0.39, 0.29) is 17.9 Å². The molecule has 0 bridgehead atoms. The van der Waals surface area contributed by atoms with Gasteiger partial charge in [-0.25, -0.2) is 0 Å². The van der Waals surface area contributed by atoms with E-state index in [4.69, 9.17) is 10.5 Å². The number of benzene rings is 1. The van der Waals surface area contributed by atoms with Crippen molar-refractivity contribution in [3.63, 3.8) is 0 Å². The monoisotopic (exact) mass is 261 g/mol. The predicted molar refractivity (Wildman–Crippen MR) is 65.0 cm³/mol. The Bertz CT molecular complexity index is 388. The number of nitrogens with two attached hydrogens (primary N) is 1. The highest BCUT2D eigenvalue weighted by molar-refractivity contribution is 5.45. The maximum atomic E-state index is 12.8. The van der Waals surface area contributed by atoms with Crippen LogP contribution in [-0.4, -0.2) is 6.61 Å². The second-order valence-electron chi connectivity index (χ2n) is 4.65. The molecule has 0 aliphatic rings. The molecule has 2 N–H and O–H groups in total. The van der Waals surface area contributed by atoms with Crippen molar-refractivity contribution in [3.8, 4) is 0 Å². The summed E-state index contributed by atoms with van der Waals surface area (Å²) in [7, 11) is 0. The zero-order valence-corrected chi connectivity index (χ0v) is 10.6. The van der Waals surface area contributed by atoms with E-state index in [1.54, 1.807) is 0 Å². The molecular weight excluding hydrogens is 243 g/mol. The number of halogens is 3. The Labute approximate surface area is 105 Å². The zero-order chi connectivity index (χ0) is 13.8. The molecule has 0 amide bonds. The first-order valence-corrected chi connectivity index (χ1v) is 5.84. The normalized spacial score (nSPS) is 12.1. The van der Waals surface area contributed by atoms with Crippen LogP contribution in [0.4, 0.5) is 18.9 Å². The molecule has 0 aliphatic carbocycles. The first-order chi connectivity index (χ1) is 8.30. The summed E-state index contributed by atoms with van der Waals surface area (Å²) in [6.45, 7) is 4.49. The van der Waals surface area contributed by atoms with Crippen molar-refractivity contribution in [3.05, 3.63) is 29.3 Å². The van der Waals surface area contributed by atoms with Gasteiger partial charge in [0.2, 0.25) is 0 Å². The Kier molecular flexibility index (Phi) is 5.02. The minimum absolute atomic E-state index is 0.0398. The van der Waals surface area contributed by atoms with E-state index in [0.717, 1.165) is 12.5 Å². The quantitative estimate of drug-likeness (QED) is 0.645. The zero-order valence-electron chi connectivity index (χ0n) is 10.6. The summed E-state index contributed by atoms with van der Waals surface area (Å²) in [6, 6.07) is 3.77. The Morgan fingerprint density at radius 2 is 1.94 bits per heavy atom. The van der Waals surface area contributed by atoms with Crippen LogP contribution < -0.4 is 5.73 Å². The highest BCUT2D eigenvalue weighted by Gasteiger charge is 2.33. The predicted octanol–water partition coefficient (Wildman–Crippen LogP) is 3.85. The molecule has 0 radical (unpaired) electrons. The fraction of sp³-hybridized carbons (Fsp3) is 0.538. The SMILES string of the molecule is CC(C)CCOCc1ccc(N)cc1C(F)(F)F. The van der Waals surface area contributed by atoms with Gasteiger partial charge in [0, 0.05) is 12.3 Å². The summed E-state index contributed by atoms with van der Waals surface area (Å²) in [5.41, 5.74) is 4.89. The molecule has 1 aromatic rings. The van der Waals surface area contributed by atoms with E-state index in [1.165, 1.54) is 12.1 Å². The van der Waals surface area contributed by atoms with Crippen LogP contribution in [0.15, 0.2) is 18.2 Å². The summed E-state index contributed by atoms with van der Waals surface area (Å²) in [5, 5.41) is 0. The van der Waals surface area contributed by atoms with Crippen LogP contribution in [-0.2, 0) is 17.5 Å². The molecule has 0 aromatic heterocycles. The minimum Gasteiger partial charge on any atom is -0.399 e. The molecule has 0 unspecified atom stereocenters. The third-order valence-corrected chi connectivity index (χ3v) is 2.54. The number of ether oxygens (including phenoxy) is 1. The molecule has 0 saturated carbocycles. The van der Waals surface area contributed by atoms with E-state index in [0.29, 0.717) is 12.5 Å². The number of rotatable bonds is 5. The topological polar surface area (TPSA) is 35.2 Å². The Balaban J connectivity index is 2.70. The summed E-state index contributed by atoms with van der Waals surface area (Å²) >= 11 is 0. The summed E-state index contributed by atoms with van der Waals surface area (Å²) in [5.74, 6) is 0.471. The van der Waals surface area contributed by atoms with Gasteiger partial charge in [-0.1, -0.05) is 19.9 Å². The fourth-order valence-electron chi connectivity index (χ4n) is 1.48. The fourth-order valence-corrected chi connectivity index (χ4v) is 1.48. The summed E-state index contributed by atoms with van der Waals surface area (Å²) in [4.78, 5) is 0. The van der Waals surface area contributed by atoms with E-state index >= 15 is 0 Å². The standard InChI is InChI=1S/C13H18F3NO/c1-9(2)5-6-18-8-10-3-4-11(17)7-12(10)13(14,15)16/h3-4,7,9H,5-6,8,17H2,1-2H3. The van der Waals surface area contributed by atoms with Crippen molar-refractivity contribution in [2.45, 2.75) is 33.1 Å². The van der Waals surface area contributed by atoms with E-state index < -0.39 is 11.7 Å². The summed E-state index contributed by atoms with van der Waals surface area (Å²) < 4.78 is 43.5. The van der Waals surface area contributed by atoms with Crippen LogP contribution in [0.3, 0.4) is 0 Å². The second-order valence-corrected chi connectivity index (χ2v) is 4.65. The van der Waals surface area contributed by atoms with Crippen LogP contribution in [0.25, 0.3) is 0 Å². The third kappa shape index (κ3) is 4.56. The third-order valence-electron chi connectivity index (χ3n) is 2.54. The van der Waals surface area contributed by atoms with Crippen molar-refractivity contribution < 1.29 is 17.9 Å². The minimum atomic E-state index is -4.40. The van der Waals surface area contributed by atoms with Crippen LogP contribution in [0.5, 0.6) is 0 Å². The molecule has 1 aromatic carbocycles. The lowest BCUT2D eigenvalue weighted by atomic mass is 10.1. The molecule has 0 atom stereocenters. The lowest BCUT2D eigenvalue weighted by Crippen LogP contribution is -2.11. The van der Waals surface area contributed by atoms with Gasteiger partial charge in [-0.15, -0.1) is 0 Å². The number of hydrogen-bond donors (Lipinski definition) is 1. The van der Waals surface area contributed by atoms with Gasteiger partial charge in [0.25, 0.3) is 0 Å². The molecule has 0 fully saturated rings. The average molecular weight is 261 g/mol. The first kappa shape index (κ1) is 14.8. The average Bonchev–Trinajstić information content (AvgIpc) is 2.24. The van der Waals surface area contributed by atoms with Crippen molar-refractivity contribution >= 4 is 5.69 Å². The molecule has 0 spiro atoms. The highest BCUT2D eigenvalue weighted by Crippen LogP contribution is 2.33. The van der Waals surface area contributed by atoms with Crippen molar-refractivity contribution in [2.75, 3.05) is 12.3 Å². The van der Waals surface area contributed by atoms with E-state index in [9.17, 15) is 13.2 Å². The first-order valence-electron chi connectivity index (χ1n) is 5.84. The molecular formula is C13H18F3NO. The Morgan fingerprint density at radius 1 is 1.28 bits per heavy atom. The molecule has 0 saturated heterocycles. The van der Waals surface area contributed by atoms with Gasteiger partial charge in [0.1, 0.15) is 0 Å². The van der Waals surface area contributed by atoms with Gasteiger partial charge >= 0.3 is 6.18 Å². The van der Waals surface area contributed by atoms with Gasteiger partial charge in [-0.3, -0.25) is 0 Å². The molecule has 102 valence electrons. The Hall–Kier alpha value is -1.23. The molecule has 1 rings (SSSR count). The number of nitrogen functional groups attached to an aromatic ring is 1. The van der Waals surface area contributed by atoms with Gasteiger partial charge < -0.3 is 10.5 Å². The van der Waals surface area contributed by atoms with Gasteiger partial charge in [0.05, 0.1) is 12.2 Å². The Morgan fingerprint density at radius 3 is 2.50 bits per heavy atom. The second kappa shape index (κ2) is 6.09. The highest BCUT2D eigenvalue weighted by atomic mass is 19.4. The van der Waals surface area contributed by atoms with Crippen molar-refractivity contribution in [1.82, 2.24) is 0 Å². The molecule has 5 heteroatoms. The summed E-state index contributed by atoms with van der Waals surface area (Å²) in [6.07, 6.45) is -3.57. The maximum absolute atomic E-state index is 12.8. The van der Waals surface area contributed by atoms with E-state index in [2.05, 4.69) is 0 Å². The van der Waals surface area contributed by atoms with E-state index in [1.807, 2.05) is 13.8 Å². The smallest absolute Gasteiger partial charge is 0.399 e. The molecule has 0 aliphatic heterocycles. The van der Waals surface area contributed by atoms with Crippen LogP contribution in [0.2, 0.25) is 0 Å². The van der Waals surface area contributed by atoms with Crippen molar-refractivity contribution in [2.24, 2.45) is 5.92 Å². The number of hydrogen-bond acceptors (Lipinski definition) is 2.